The molecule has 0 aromatic rings. The fraction of sp³-hybridized carbons (Fsp3) is 0.941. The zero-order chi connectivity index (χ0) is 14.6. The highest BCUT2D eigenvalue weighted by Crippen LogP contribution is 2.34. The zero-order valence-corrected chi connectivity index (χ0v) is 13.7. The van der Waals surface area contributed by atoms with E-state index in [2.05, 4.69) is 25.7 Å². The molecule has 0 radical (unpaired) electrons. The van der Waals surface area contributed by atoms with Crippen molar-refractivity contribution in [3.05, 3.63) is 0 Å². The van der Waals surface area contributed by atoms with Gasteiger partial charge in [0.25, 0.3) is 0 Å². The number of likely N-dealkylation sites (tertiary alicyclic amines) is 1. The van der Waals surface area contributed by atoms with Gasteiger partial charge < -0.3 is 10.6 Å². The van der Waals surface area contributed by atoms with Crippen LogP contribution >= 0.6 is 0 Å². The van der Waals surface area contributed by atoms with Gasteiger partial charge in [-0.3, -0.25) is 0 Å². The van der Waals surface area contributed by atoms with Gasteiger partial charge in [-0.05, 0) is 43.4 Å². The van der Waals surface area contributed by atoms with E-state index in [0.29, 0.717) is 11.5 Å². The van der Waals surface area contributed by atoms with E-state index in [0.717, 1.165) is 25.0 Å². The lowest BCUT2D eigenvalue weighted by molar-refractivity contribution is 0.216. The fourth-order valence-electron chi connectivity index (χ4n) is 3.67. The van der Waals surface area contributed by atoms with Crippen LogP contribution in [0.15, 0.2) is 4.99 Å². The standard InChI is InChI=1S/C17H33N3/c1-17(2,3)14-8-7-12-20(13-11-14)16(18)19-15-9-5-4-6-10-15/h14-15H,4-13H2,1-3H3,(H2,18,19). The summed E-state index contributed by atoms with van der Waals surface area (Å²) in [4.78, 5) is 7.14. The Morgan fingerprint density at radius 1 is 0.950 bits per heavy atom. The van der Waals surface area contributed by atoms with Crippen LogP contribution in [-0.4, -0.2) is 30.0 Å². The average Bonchev–Trinajstić information content (AvgIpc) is 2.65. The van der Waals surface area contributed by atoms with Crippen molar-refractivity contribution in [3.63, 3.8) is 0 Å². The van der Waals surface area contributed by atoms with Crippen molar-refractivity contribution in [2.24, 2.45) is 22.1 Å². The molecule has 1 atom stereocenters. The van der Waals surface area contributed by atoms with E-state index < -0.39 is 0 Å². The Bertz CT molecular complexity index is 324. The van der Waals surface area contributed by atoms with Crippen LogP contribution in [0.5, 0.6) is 0 Å². The van der Waals surface area contributed by atoms with Crippen LogP contribution in [0.25, 0.3) is 0 Å². The topological polar surface area (TPSA) is 41.6 Å². The Labute approximate surface area is 125 Å². The molecule has 0 bridgehead atoms. The summed E-state index contributed by atoms with van der Waals surface area (Å²) < 4.78 is 0. The summed E-state index contributed by atoms with van der Waals surface area (Å²) in [5.74, 6) is 1.63. The molecule has 0 spiro atoms. The minimum absolute atomic E-state index is 0.422. The number of hydrogen-bond acceptors (Lipinski definition) is 1. The average molecular weight is 279 g/mol. The van der Waals surface area contributed by atoms with E-state index in [9.17, 15) is 0 Å². The van der Waals surface area contributed by atoms with Gasteiger partial charge in [-0.25, -0.2) is 4.99 Å². The Morgan fingerprint density at radius 3 is 2.30 bits per heavy atom. The molecule has 1 aliphatic carbocycles. The Kier molecular flexibility index (Phi) is 5.34. The maximum Gasteiger partial charge on any atom is 0.191 e. The normalized spacial score (nSPS) is 27.4. The summed E-state index contributed by atoms with van der Waals surface area (Å²) >= 11 is 0. The lowest BCUT2D eigenvalue weighted by Gasteiger charge is -2.30. The Morgan fingerprint density at radius 2 is 1.65 bits per heavy atom. The van der Waals surface area contributed by atoms with Crippen molar-refractivity contribution in [3.8, 4) is 0 Å². The highest BCUT2D eigenvalue weighted by Gasteiger charge is 2.27. The van der Waals surface area contributed by atoms with Crippen LogP contribution < -0.4 is 5.73 Å². The van der Waals surface area contributed by atoms with E-state index in [1.165, 1.54) is 51.4 Å². The number of nitrogens with zero attached hydrogens (tertiary/aromatic N) is 2. The summed E-state index contributed by atoms with van der Waals surface area (Å²) in [6, 6.07) is 0.491. The van der Waals surface area contributed by atoms with Crippen molar-refractivity contribution >= 4 is 5.96 Å². The third-order valence-electron chi connectivity index (χ3n) is 5.17. The highest BCUT2D eigenvalue weighted by molar-refractivity contribution is 5.78. The second-order valence-corrected chi connectivity index (χ2v) is 7.76. The maximum atomic E-state index is 6.28. The first-order valence-corrected chi connectivity index (χ1v) is 8.55. The molecule has 2 rings (SSSR count). The predicted molar refractivity (Wildman–Crippen MR) is 86.9 cm³/mol. The van der Waals surface area contributed by atoms with Crippen LogP contribution in [0.3, 0.4) is 0 Å². The van der Waals surface area contributed by atoms with Crippen molar-refractivity contribution in [1.29, 1.82) is 0 Å². The minimum atomic E-state index is 0.422. The molecule has 2 N–H and O–H groups in total. The van der Waals surface area contributed by atoms with Crippen LogP contribution in [0.1, 0.15) is 72.1 Å². The molecule has 1 heterocycles. The Hall–Kier alpha value is -0.730. The minimum Gasteiger partial charge on any atom is -0.370 e. The van der Waals surface area contributed by atoms with Gasteiger partial charge >= 0.3 is 0 Å². The molecule has 1 aliphatic heterocycles. The molecular formula is C17H33N3. The molecule has 0 aromatic carbocycles. The van der Waals surface area contributed by atoms with Crippen LogP contribution in [0.2, 0.25) is 0 Å². The molecule has 116 valence electrons. The van der Waals surface area contributed by atoms with E-state index in [1.54, 1.807) is 0 Å². The quantitative estimate of drug-likeness (QED) is 0.586. The van der Waals surface area contributed by atoms with Gasteiger partial charge in [-0.1, -0.05) is 40.0 Å². The number of rotatable bonds is 1. The zero-order valence-electron chi connectivity index (χ0n) is 13.7. The van der Waals surface area contributed by atoms with E-state index in [1.807, 2.05) is 0 Å². The molecule has 0 aromatic heterocycles. The van der Waals surface area contributed by atoms with Crippen molar-refractivity contribution in [2.75, 3.05) is 13.1 Å². The molecular weight excluding hydrogens is 246 g/mol. The fourth-order valence-corrected chi connectivity index (χ4v) is 3.67. The highest BCUT2D eigenvalue weighted by atomic mass is 15.3. The largest absolute Gasteiger partial charge is 0.370 e. The number of nitrogens with two attached hydrogens (primary N) is 1. The molecule has 1 saturated heterocycles. The predicted octanol–water partition coefficient (Wildman–Crippen LogP) is 3.78. The third-order valence-corrected chi connectivity index (χ3v) is 5.17. The summed E-state index contributed by atoms with van der Waals surface area (Å²) in [6.07, 6.45) is 10.3. The molecule has 0 amide bonds. The first kappa shape index (κ1) is 15.7. The second kappa shape index (κ2) is 6.82. The van der Waals surface area contributed by atoms with Gasteiger partial charge in [0.05, 0.1) is 6.04 Å². The van der Waals surface area contributed by atoms with Gasteiger partial charge in [0.15, 0.2) is 5.96 Å². The van der Waals surface area contributed by atoms with Gasteiger partial charge in [-0.15, -0.1) is 0 Å². The van der Waals surface area contributed by atoms with Gasteiger partial charge in [-0.2, -0.15) is 0 Å². The van der Waals surface area contributed by atoms with Crippen LogP contribution in [-0.2, 0) is 0 Å². The Balaban J connectivity index is 1.90. The van der Waals surface area contributed by atoms with E-state index in [4.69, 9.17) is 10.7 Å². The second-order valence-electron chi connectivity index (χ2n) is 7.76. The monoisotopic (exact) mass is 279 g/mol. The summed E-state index contributed by atoms with van der Waals surface area (Å²) in [5, 5.41) is 0. The van der Waals surface area contributed by atoms with Crippen LogP contribution in [0, 0.1) is 11.3 Å². The SMILES string of the molecule is CC(C)(C)C1CCCN(C(N)=NC2CCCCC2)CC1. The summed E-state index contributed by atoms with van der Waals surface area (Å²) in [7, 11) is 0. The lowest BCUT2D eigenvalue weighted by atomic mass is 9.77. The molecule has 2 fully saturated rings. The molecule has 1 saturated carbocycles. The lowest BCUT2D eigenvalue weighted by Crippen LogP contribution is -2.39. The third kappa shape index (κ3) is 4.39. The molecule has 20 heavy (non-hydrogen) atoms. The molecule has 3 heteroatoms. The summed E-state index contributed by atoms with van der Waals surface area (Å²) in [6.45, 7) is 9.28. The van der Waals surface area contributed by atoms with Gasteiger partial charge in [0, 0.05) is 13.1 Å². The van der Waals surface area contributed by atoms with E-state index >= 15 is 0 Å². The maximum absolute atomic E-state index is 6.28. The molecule has 3 nitrogen and oxygen atoms in total. The molecule has 1 unspecified atom stereocenters. The smallest absolute Gasteiger partial charge is 0.191 e. The van der Waals surface area contributed by atoms with Crippen molar-refractivity contribution < 1.29 is 0 Å². The number of guanidine groups is 1. The van der Waals surface area contributed by atoms with Crippen LogP contribution in [0.4, 0.5) is 0 Å². The number of hydrogen-bond donors (Lipinski definition) is 1. The molecule has 2 aliphatic rings. The first-order chi connectivity index (χ1) is 9.47. The number of aliphatic imine (C=N–C) groups is 1. The van der Waals surface area contributed by atoms with Gasteiger partial charge in [0.2, 0.25) is 0 Å². The summed E-state index contributed by atoms with van der Waals surface area (Å²) in [5.41, 5.74) is 6.70. The van der Waals surface area contributed by atoms with Crippen molar-refractivity contribution in [2.45, 2.75) is 78.2 Å². The van der Waals surface area contributed by atoms with Gasteiger partial charge in [0.1, 0.15) is 0 Å². The van der Waals surface area contributed by atoms with Crippen molar-refractivity contribution in [1.82, 2.24) is 4.90 Å². The van der Waals surface area contributed by atoms with E-state index in [-0.39, 0.29) is 0 Å². The first-order valence-electron chi connectivity index (χ1n) is 8.55.